The summed E-state index contributed by atoms with van der Waals surface area (Å²) in [5.41, 5.74) is 2.59. The highest BCUT2D eigenvalue weighted by molar-refractivity contribution is 14.1. The zero-order valence-electron chi connectivity index (χ0n) is 16.8. The molecule has 0 bridgehead atoms. The third kappa shape index (κ3) is 5.07. The van der Waals surface area contributed by atoms with Crippen LogP contribution in [0.25, 0.3) is 6.08 Å². The van der Waals surface area contributed by atoms with Crippen LogP contribution in [-0.4, -0.2) is 29.8 Å². The molecule has 0 unspecified atom stereocenters. The highest BCUT2D eigenvalue weighted by Crippen LogP contribution is 2.37. The van der Waals surface area contributed by atoms with E-state index in [0.29, 0.717) is 29.4 Å². The number of ether oxygens (including phenoxy) is 2. The predicted octanol–water partition coefficient (Wildman–Crippen LogP) is 5.66. The van der Waals surface area contributed by atoms with Crippen molar-refractivity contribution in [2.24, 2.45) is 0 Å². The first kappa shape index (κ1) is 22.4. The lowest BCUT2D eigenvalue weighted by Gasteiger charge is -2.14. The van der Waals surface area contributed by atoms with Crippen LogP contribution in [0.2, 0.25) is 0 Å². The fourth-order valence-electron chi connectivity index (χ4n) is 3.13. The number of nitrogens with zero attached hydrogens (tertiary/aromatic N) is 1. The van der Waals surface area contributed by atoms with Crippen molar-refractivity contribution in [3.8, 4) is 11.5 Å². The predicted molar refractivity (Wildman–Crippen MR) is 129 cm³/mol. The molecule has 2 amide bonds. The first-order valence-electron chi connectivity index (χ1n) is 9.41. The minimum absolute atomic E-state index is 0.257. The maximum Gasteiger partial charge on any atom is 0.293 e. The van der Waals surface area contributed by atoms with E-state index in [4.69, 9.17) is 9.47 Å². The molecule has 30 heavy (non-hydrogen) atoms. The highest BCUT2D eigenvalue weighted by atomic mass is 127. The Labute approximate surface area is 194 Å². The third-order valence-corrected chi connectivity index (χ3v) is 6.07. The van der Waals surface area contributed by atoms with E-state index in [1.54, 1.807) is 19.3 Å². The molecule has 1 fully saturated rings. The zero-order chi connectivity index (χ0) is 21.7. The van der Waals surface area contributed by atoms with Crippen LogP contribution in [0.1, 0.15) is 23.6 Å². The summed E-state index contributed by atoms with van der Waals surface area (Å²) in [6.45, 7) is 6.44. The molecule has 1 saturated heterocycles. The Kier molecular flexibility index (Phi) is 7.60. The van der Waals surface area contributed by atoms with Crippen molar-refractivity contribution in [1.82, 2.24) is 4.90 Å². The van der Waals surface area contributed by atoms with Gasteiger partial charge in [-0.15, -0.1) is 6.58 Å². The van der Waals surface area contributed by atoms with E-state index in [9.17, 15) is 9.59 Å². The molecule has 7 heteroatoms. The van der Waals surface area contributed by atoms with Gasteiger partial charge < -0.3 is 9.47 Å². The molecule has 1 heterocycles. The van der Waals surface area contributed by atoms with E-state index < -0.39 is 0 Å². The topological polar surface area (TPSA) is 55.8 Å². The van der Waals surface area contributed by atoms with Gasteiger partial charge in [-0.3, -0.25) is 14.5 Å². The maximum atomic E-state index is 12.9. The lowest BCUT2D eigenvalue weighted by Crippen LogP contribution is -2.27. The Morgan fingerprint density at radius 3 is 2.57 bits per heavy atom. The molecule has 1 aliphatic rings. The van der Waals surface area contributed by atoms with Crippen molar-refractivity contribution in [2.45, 2.75) is 19.9 Å². The number of rotatable bonds is 8. The molecule has 0 atom stereocenters. The van der Waals surface area contributed by atoms with Crippen LogP contribution >= 0.6 is 34.4 Å². The largest absolute Gasteiger partial charge is 0.493 e. The van der Waals surface area contributed by atoms with Crippen molar-refractivity contribution in [3.05, 3.63) is 74.2 Å². The fraction of sp³-hybridized carbons (Fsp3) is 0.217. The van der Waals surface area contributed by atoms with Crippen molar-refractivity contribution in [3.63, 3.8) is 0 Å². The summed E-state index contributed by atoms with van der Waals surface area (Å²) in [6, 6.07) is 11.5. The Morgan fingerprint density at radius 2 is 1.93 bits per heavy atom. The first-order valence-corrected chi connectivity index (χ1v) is 11.3. The average Bonchev–Trinajstić information content (AvgIpc) is 2.97. The van der Waals surface area contributed by atoms with E-state index in [1.807, 2.05) is 43.3 Å². The number of thioether (sulfide) groups is 1. The van der Waals surface area contributed by atoms with Crippen LogP contribution in [0.5, 0.6) is 11.5 Å². The van der Waals surface area contributed by atoms with Crippen LogP contribution in [0.4, 0.5) is 4.79 Å². The summed E-state index contributed by atoms with van der Waals surface area (Å²) in [6.07, 6.45) is 4.11. The van der Waals surface area contributed by atoms with E-state index in [2.05, 4.69) is 29.2 Å². The minimum Gasteiger partial charge on any atom is -0.493 e. The van der Waals surface area contributed by atoms with Crippen molar-refractivity contribution in [1.29, 1.82) is 0 Å². The molecule has 156 valence electrons. The second kappa shape index (κ2) is 10.2. The van der Waals surface area contributed by atoms with Crippen LogP contribution in [0, 0.1) is 3.57 Å². The van der Waals surface area contributed by atoms with Crippen LogP contribution in [-0.2, 0) is 17.8 Å². The Bertz CT molecular complexity index is 1000. The minimum atomic E-state index is -0.289. The maximum absolute atomic E-state index is 12.9. The molecule has 5 nitrogen and oxygen atoms in total. The molecule has 0 aromatic heterocycles. The number of carbonyl (C=O) groups excluding carboxylic acids is 2. The molecular formula is C23H22INO4S. The number of allylic oxidation sites excluding steroid dienone is 1. The molecule has 0 saturated carbocycles. The number of amides is 2. The average molecular weight is 535 g/mol. The van der Waals surface area contributed by atoms with Gasteiger partial charge in [0, 0.05) is 9.13 Å². The van der Waals surface area contributed by atoms with Gasteiger partial charge in [0.2, 0.25) is 0 Å². The standard InChI is InChI=1S/C23H22INO4S/c1-4-6-17-11-16(12-19(29-5-2)21(17)28-3)13-20-22(26)25(23(27)30-20)14-15-7-9-18(24)10-8-15/h4,7-13H,1,5-6,14H2,2-3H3/b20-13-. The summed E-state index contributed by atoms with van der Waals surface area (Å²) >= 11 is 3.17. The number of halogens is 1. The molecular weight excluding hydrogens is 513 g/mol. The molecule has 1 aliphatic heterocycles. The molecule has 2 aromatic rings. The summed E-state index contributed by atoms with van der Waals surface area (Å²) in [7, 11) is 1.60. The van der Waals surface area contributed by atoms with Gasteiger partial charge in [-0.1, -0.05) is 18.2 Å². The van der Waals surface area contributed by atoms with Gasteiger partial charge in [-0.05, 0) is 89.2 Å². The lowest BCUT2D eigenvalue weighted by molar-refractivity contribution is -0.123. The second-order valence-electron chi connectivity index (χ2n) is 6.53. The normalized spacial score (nSPS) is 15.0. The Hall–Kier alpha value is -2.26. The molecule has 3 rings (SSSR count). The third-order valence-electron chi connectivity index (χ3n) is 4.45. The van der Waals surface area contributed by atoms with E-state index in [0.717, 1.165) is 32.0 Å². The molecule has 0 radical (unpaired) electrons. The number of methoxy groups -OCH3 is 1. The van der Waals surface area contributed by atoms with Crippen molar-refractivity contribution in [2.75, 3.05) is 13.7 Å². The van der Waals surface area contributed by atoms with Crippen molar-refractivity contribution >= 4 is 51.6 Å². The number of imide groups is 1. The van der Waals surface area contributed by atoms with E-state index >= 15 is 0 Å². The molecule has 0 aliphatic carbocycles. The highest BCUT2D eigenvalue weighted by Gasteiger charge is 2.35. The fourth-order valence-corrected chi connectivity index (χ4v) is 4.33. The number of benzene rings is 2. The molecule has 0 N–H and O–H groups in total. The van der Waals surface area contributed by atoms with Gasteiger partial charge in [0.15, 0.2) is 11.5 Å². The summed E-state index contributed by atoms with van der Waals surface area (Å²) in [5.74, 6) is 0.965. The quantitative estimate of drug-likeness (QED) is 0.248. The number of hydrogen-bond donors (Lipinski definition) is 0. The Balaban J connectivity index is 1.90. The summed E-state index contributed by atoms with van der Waals surface area (Å²) in [5, 5.41) is -0.269. The van der Waals surface area contributed by atoms with Gasteiger partial charge in [0.25, 0.3) is 11.1 Å². The zero-order valence-corrected chi connectivity index (χ0v) is 19.8. The monoisotopic (exact) mass is 535 g/mol. The van der Waals surface area contributed by atoms with Gasteiger partial charge >= 0.3 is 0 Å². The van der Waals surface area contributed by atoms with Gasteiger partial charge in [-0.25, -0.2) is 0 Å². The van der Waals surface area contributed by atoms with Crippen LogP contribution in [0.3, 0.4) is 0 Å². The number of carbonyl (C=O) groups is 2. The Morgan fingerprint density at radius 1 is 1.20 bits per heavy atom. The van der Waals surface area contributed by atoms with Crippen molar-refractivity contribution < 1.29 is 19.1 Å². The number of hydrogen-bond acceptors (Lipinski definition) is 5. The van der Waals surface area contributed by atoms with E-state index in [-0.39, 0.29) is 17.7 Å². The second-order valence-corrected chi connectivity index (χ2v) is 8.77. The van der Waals surface area contributed by atoms with Crippen LogP contribution in [0.15, 0.2) is 54.0 Å². The lowest BCUT2D eigenvalue weighted by atomic mass is 10.0. The summed E-state index contributed by atoms with van der Waals surface area (Å²) in [4.78, 5) is 27.0. The summed E-state index contributed by atoms with van der Waals surface area (Å²) < 4.78 is 12.3. The van der Waals surface area contributed by atoms with Gasteiger partial charge in [0.1, 0.15) is 0 Å². The van der Waals surface area contributed by atoms with Crippen LogP contribution < -0.4 is 9.47 Å². The molecule has 2 aromatic carbocycles. The van der Waals surface area contributed by atoms with E-state index in [1.165, 1.54) is 4.90 Å². The molecule has 0 spiro atoms. The smallest absolute Gasteiger partial charge is 0.293 e. The SMILES string of the molecule is C=CCc1cc(/C=C2\SC(=O)N(Cc3ccc(I)cc3)C2=O)cc(OCC)c1OC. The first-order chi connectivity index (χ1) is 14.5. The van der Waals surface area contributed by atoms with Gasteiger partial charge in [-0.2, -0.15) is 0 Å². The van der Waals surface area contributed by atoms with Gasteiger partial charge in [0.05, 0.1) is 25.2 Å².